The molecule has 0 amide bonds. The smallest absolute Gasteiger partial charge is 0.0208 e. The van der Waals surface area contributed by atoms with Gasteiger partial charge in [-0.3, -0.25) is 0 Å². The Balaban J connectivity index is 1.67. The second-order valence-corrected chi connectivity index (χ2v) is 5.85. The van der Waals surface area contributed by atoms with E-state index in [2.05, 4.69) is 66.8 Å². The average molecular weight is 265 g/mol. The van der Waals surface area contributed by atoms with Gasteiger partial charge in [-0.05, 0) is 48.8 Å². The Hall–Kier alpha value is -1.60. The molecule has 1 aliphatic carbocycles. The highest BCUT2D eigenvalue weighted by Crippen LogP contribution is 2.33. The molecule has 20 heavy (non-hydrogen) atoms. The predicted molar refractivity (Wildman–Crippen MR) is 84.9 cm³/mol. The minimum atomic E-state index is 0.525. The Kier molecular flexibility index (Phi) is 4.17. The summed E-state index contributed by atoms with van der Waals surface area (Å²) >= 11 is 0. The van der Waals surface area contributed by atoms with E-state index < -0.39 is 0 Å². The molecule has 0 radical (unpaired) electrons. The normalized spacial score (nSPS) is 19.4. The summed E-state index contributed by atoms with van der Waals surface area (Å²) in [6.45, 7) is 3.29. The second kappa shape index (κ2) is 6.23. The molecular formula is C19H23N. The standard InChI is InChI=1S/C19H23N/c1-15(20-14-16-8-3-2-4-9-16)18-13-7-11-17-10-5-6-12-19(17)18/h2-6,8-10,12,15,18,20H,7,11,13-14H2,1H3/t15-,18-/m0/s1. The van der Waals surface area contributed by atoms with Crippen molar-refractivity contribution in [3.63, 3.8) is 0 Å². The maximum absolute atomic E-state index is 3.71. The molecule has 0 saturated heterocycles. The number of fused-ring (bicyclic) bond motifs is 1. The third-order valence-corrected chi connectivity index (χ3v) is 4.49. The summed E-state index contributed by atoms with van der Waals surface area (Å²) in [5, 5.41) is 3.71. The quantitative estimate of drug-likeness (QED) is 0.870. The summed E-state index contributed by atoms with van der Waals surface area (Å²) in [7, 11) is 0. The van der Waals surface area contributed by atoms with Gasteiger partial charge in [0.25, 0.3) is 0 Å². The van der Waals surface area contributed by atoms with Crippen LogP contribution in [0.1, 0.15) is 42.4 Å². The van der Waals surface area contributed by atoms with Crippen LogP contribution in [0.25, 0.3) is 0 Å². The molecular weight excluding hydrogens is 242 g/mol. The monoisotopic (exact) mass is 265 g/mol. The molecule has 2 aromatic rings. The molecule has 0 aliphatic heterocycles. The minimum Gasteiger partial charge on any atom is -0.310 e. The zero-order valence-corrected chi connectivity index (χ0v) is 12.2. The van der Waals surface area contributed by atoms with Crippen LogP contribution in [-0.2, 0) is 13.0 Å². The summed E-state index contributed by atoms with van der Waals surface area (Å²) in [5.41, 5.74) is 4.48. The lowest BCUT2D eigenvalue weighted by Crippen LogP contribution is -2.33. The Labute approximate surface area is 122 Å². The van der Waals surface area contributed by atoms with Crippen LogP contribution in [0.4, 0.5) is 0 Å². The number of hydrogen-bond acceptors (Lipinski definition) is 1. The van der Waals surface area contributed by atoms with Crippen molar-refractivity contribution in [1.82, 2.24) is 5.32 Å². The van der Waals surface area contributed by atoms with E-state index in [0.717, 1.165) is 6.54 Å². The largest absolute Gasteiger partial charge is 0.310 e. The summed E-state index contributed by atoms with van der Waals surface area (Å²) in [6.07, 6.45) is 3.87. The van der Waals surface area contributed by atoms with Crippen molar-refractivity contribution in [3.8, 4) is 0 Å². The third-order valence-electron chi connectivity index (χ3n) is 4.49. The van der Waals surface area contributed by atoms with Gasteiger partial charge in [-0.1, -0.05) is 54.6 Å². The van der Waals surface area contributed by atoms with Gasteiger partial charge in [0.2, 0.25) is 0 Å². The van der Waals surface area contributed by atoms with E-state index in [-0.39, 0.29) is 0 Å². The third kappa shape index (κ3) is 2.94. The lowest BCUT2D eigenvalue weighted by atomic mass is 9.79. The van der Waals surface area contributed by atoms with Gasteiger partial charge in [-0.25, -0.2) is 0 Å². The first-order chi connectivity index (χ1) is 9.84. The van der Waals surface area contributed by atoms with Gasteiger partial charge in [0, 0.05) is 12.6 Å². The van der Waals surface area contributed by atoms with Crippen LogP contribution in [0.2, 0.25) is 0 Å². The molecule has 0 unspecified atom stereocenters. The topological polar surface area (TPSA) is 12.0 Å². The number of nitrogens with one attached hydrogen (secondary N) is 1. The summed E-state index contributed by atoms with van der Waals surface area (Å²) < 4.78 is 0. The fourth-order valence-electron chi connectivity index (χ4n) is 3.33. The molecule has 1 N–H and O–H groups in total. The van der Waals surface area contributed by atoms with E-state index in [1.807, 2.05) is 0 Å². The van der Waals surface area contributed by atoms with E-state index in [9.17, 15) is 0 Å². The Morgan fingerprint density at radius 2 is 1.80 bits per heavy atom. The molecule has 1 aliphatic rings. The SMILES string of the molecule is C[C@H](NCc1ccccc1)[C@@H]1CCCc2ccccc21. The van der Waals surface area contributed by atoms with Gasteiger partial charge in [0.15, 0.2) is 0 Å². The predicted octanol–water partition coefficient (Wildman–Crippen LogP) is 4.28. The molecule has 0 heterocycles. The average Bonchev–Trinajstić information content (AvgIpc) is 2.53. The molecule has 0 spiro atoms. The Morgan fingerprint density at radius 1 is 1.05 bits per heavy atom. The number of aryl methyl sites for hydroxylation is 1. The second-order valence-electron chi connectivity index (χ2n) is 5.85. The first-order valence-electron chi connectivity index (χ1n) is 7.69. The van der Waals surface area contributed by atoms with Crippen molar-refractivity contribution in [2.24, 2.45) is 0 Å². The lowest BCUT2D eigenvalue weighted by Gasteiger charge is -2.31. The van der Waals surface area contributed by atoms with Crippen molar-refractivity contribution in [3.05, 3.63) is 71.3 Å². The van der Waals surface area contributed by atoms with Crippen molar-refractivity contribution in [2.75, 3.05) is 0 Å². The van der Waals surface area contributed by atoms with Crippen LogP contribution in [-0.4, -0.2) is 6.04 Å². The molecule has 1 nitrogen and oxygen atoms in total. The molecule has 0 fully saturated rings. The van der Waals surface area contributed by atoms with Crippen molar-refractivity contribution in [2.45, 2.75) is 44.7 Å². The molecule has 2 aromatic carbocycles. The zero-order valence-electron chi connectivity index (χ0n) is 12.2. The maximum atomic E-state index is 3.71. The van der Waals surface area contributed by atoms with Gasteiger partial charge < -0.3 is 5.32 Å². The maximum Gasteiger partial charge on any atom is 0.0208 e. The van der Waals surface area contributed by atoms with E-state index in [1.54, 1.807) is 11.1 Å². The first-order valence-corrected chi connectivity index (χ1v) is 7.69. The van der Waals surface area contributed by atoms with Gasteiger partial charge in [-0.15, -0.1) is 0 Å². The first kappa shape index (κ1) is 13.4. The highest BCUT2D eigenvalue weighted by Gasteiger charge is 2.24. The lowest BCUT2D eigenvalue weighted by molar-refractivity contribution is 0.413. The molecule has 2 atom stereocenters. The van der Waals surface area contributed by atoms with E-state index in [1.165, 1.54) is 24.8 Å². The molecule has 3 rings (SSSR count). The Bertz CT molecular complexity index is 547. The number of rotatable bonds is 4. The van der Waals surface area contributed by atoms with Crippen molar-refractivity contribution >= 4 is 0 Å². The summed E-state index contributed by atoms with van der Waals surface area (Å²) in [6, 6.07) is 20.2. The highest BCUT2D eigenvalue weighted by molar-refractivity contribution is 5.33. The number of benzene rings is 2. The summed E-state index contributed by atoms with van der Waals surface area (Å²) in [5.74, 6) is 0.656. The molecule has 0 bridgehead atoms. The summed E-state index contributed by atoms with van der Waals surface area (Å²) in [4.78, 5) is 0. The minimum absolute atomic E-state index is 0.525. The highest BCUT2D eigenvalue weighted by atomic mass is 14.9. The van der Waals surface area contributed by atoms with E-state index >= 15 is 0 Å². The fraction of sp³-hybridized carbons (Fsp3) is 0.368. The number of hydrogen-bond donors (Lipinski definition) is 1. The molecule has 0 saturated carbocycles. The van der Waals surface area contributed by atoms with Crippen LogP contribution in [0, 0.1) is 0 Å². The van der Waals surface area contributed by atoms with Crippen LogP contribution in [0.5, 0.6) is 0 Å². The van der Waals surface area contributed by atoms with Crippen molar-refractivity contribution in [1.29, 1.82) is 0 Å². The van der Waals surface area contributed by atoms with Gasteiger partial charge >= 0.3 is 0 Å². The van der Waals surface area contributed by atoms with Gasteiger partial charge in [0.05, 0.1) is 0 Å². The van der Waals surface area contributed by atoms with Crippen LogP contribution in [0.15, 0.2) is 54.6 Å². The van der Waals surface area contributed by atoms with Gasteiger partial charge in [-0.2, -0.15) is 0 Å². The van der Waals surface area contributed by atoms with E-state index in [0.29, 0.717) is 12.0 Å². The van der Waals surface area contributed by atoms with Gasteiger partial charge in [0.1, 0.15) is 0 Å². The molecule has 0 aromatic heterocycles. The van der Waals surface area contributed by atoms with Crippen LogP contribution >= 0.6 is 0 Å². The van der Waals surface area contributed by atoms with Crippen LogP contribution in [0.3, 0.4) is 0 Å². The Morgan fingerprint density at radius 3 is 2.65 bits per heavy atom. The van der Waals surface area contributed by atoms with Crippen LogP contribution < -0.4 is 5.32 Å². The zero-order chi connectivity index (χ0) is 13.8. The molecule has 1 heteroatoms. The van der Waals surface area contributed by atoms with Crippen molar-refractivity contribution < 1.29 is 0 Å². The van der Waals surface area contributed by atoms with E-state index in [4.69, 9.17) is 0 Å². The molecule has 104 valence electrons. The fourth-order valence-corrected chi connectivity index (χ4v) is 3.33.